The molecule has 1 aromatic rings. The molecule has 1 rings (SSSR count). The number of nitrogens with one attached hydrogen (secondary N) is 1. The molecule has 1 heterocycles. The normalized spacial score (nSPS) is 12.4. The minimum atomic E-state index is -0.790. The summed E-state index contributed by atoms with van der Waals surface area (Å²) >= 11 is 1.44. The van der Waals surface area contributed by atoms with Crippen molar-refractivity contribution >= 4 is 22.4 Å². The molecule has 0 bridgehead atoms. The number of carboxylic acids is 1. The third-order valence-electron chi connectivity index (χ3n) is 1.91. The Bertz CT molecular complexity index is 327. The number of nitrogens with zero attached hydrogens (tertiary/aromatic N) is 2. The average Bonchev–Trinajstić information content (AvgIpc) is 2.50. The van der Waals surface area contributed by atoms with Crippen molar-refractivity contribution in [1.82, 2.24) is 10.2 Å². The van der Waals surface area contributed by atoms with E-state index in [1.54, 1.807) is 0 Å². The Kier molecular flexibility index (Phi) is 4.48. The number of carbonyl (C=O) groups is 1. The lowest BCUT2D eigenvalue weighted by atomic mass is 10.1. The number of rotatable bonds is 6. The van der Waals surface area contributed by atoms with Crippen LogP contribution in [0.2, 0.25) is 0 Å². The van der Waals surface area contributed by atoms with Crippen LogP contribution in [-0.2, 0) is 4.79 Å². The van der Waals surface area contributed by atoms with E-state index in [0.717, 1.165) is 17.8 Å². The Hall–Kier alpha value is -1.17. The number of aliphatic carboxylic acids is 1. The van der Waals surface area contributed by atoms with Crippen LogP contribution in [0.25, 0.3) is 0 Å². The van der Waals surface area contributed by atoms with Gasteiger partial charge in [-0.15, -0.1) is 10.2 Å². The van der Waals surface area contributed by atoms with E-state index >= 15 is 0 Å². The Balaban J connectivity index is 2.53. The van der Waals surface area contributed by atoms with Gasteiger partial charge in [0, 0.05) is 6.04 Å². The highest BCUT2D eigenvalue weighted by Crippen LogP contribution is 2.17. The molecule has 15 heavy (non-hydrogen) atoms. The summed E-state index contributed by atoms with van der Waals surface area (Å²) in [6, 6.07) is -0.0557. The standard InChI is InChI=1S/C9H15N3O2S/c1-3-4-7(5-8(13)14)10-9-12-11-6(2)15-9/h7H,3-5H2,1-2H3,(H,10,12)(H,13,14). The molecular formula is C9H15N3O2S. The van der Waals surface area contributed by atoms with E-state index in [2.05, 4.69) is 15.5 Å². The van der Waals surface area contributed by atoms with Crippen molar-refractivity contribution in [3.63, 3.8) is 0 Å². The first-order chi connectivity index (χ1) is 7.11. The van der Waals surface area contributed by atoms with E-state index in [4.69, 9.17) is 5.11 Å². The van der Waals surface area contributed by atoms with E-state index in [9.17, 15) is 4.79 Å². The molecule has 6 heteroatoms. The lowest BCUT2D eigenvalue weighted by Gasteiger charge is -2.14. The quantitative estimate of drug-likeness (QED) is 0.779. The van der Waals surface area contributed by atoms with Crippen LogP contribution in [0, 0.1) is 6.92 Å². The fourth-order valence-corrected chi connectivity index (χ4v) is 1.98. The number of carboxylic acid groups (broad SMARTS) is 1. The molecular weight excluding hydrogens is 214 g/mol. The van der Waals surface area contributed by atoms with Gasteiger partial charge in [0.05, 0.1) is 6.42 Å². The van der Waals surface area contributed by atoms with Crippen LogP contribution in [0.3, 0.4) is 0 Å². The molecule has 0 aliphatic rings. The molecule has 1 aromatic heterocycles. The Morgan fingerprint density at radius 1 is 1.60 bits per heavy atom. The second-order valence-corrected chi connectivity index (χ2v) is 4.54. The molecule has 0 amide bonds. The molecule has 0 saturated heterocycles. The minimum absolute atomic E-state index is 0.0557. The summed E-state index contributed by atoms with van der Waals surface area (Å²) in [5, 5.41) is 21.2. The van der Waals surface area contributed by atoms with Gasteiger partial charge < -0.3 is 10.4 Å². The van der Waals surface area contributed by atoms with Crippen molar-refractivity contribution < 1.29 is 9.90 Å². The van der Waals surface area contributed by atoms with Gasteiger partial charge in [0.25, 0.3) is 0 Å². The van der Waals surface area contributed by atoms with E-state index in [0.29, 0.717) is 5.13 Å². The Labute approximate surface area is 92.5 Å². The van der Waals surface area contributed by atoms with Gasteiger partial charge in [-0.3, -0.25) is 4.79 Å². The molecule has 0 aromatic carbocycles. The van der Waals surface area contributed by atoms with Gasteiger partial charge >= 0.3 is 5.97 Å². The third kappa shape index (κ3) is 4.24. The van der Waals surface area contributed by atoms with Gasteiger partial charge in [-0.2, -0.15) is 0 Å². The molecule has 0 saturated carbocycles. The first kappa shape index (κ1) is 11.9. The molecule has 0 radical (unpaired) electrons. The summed E-state index contributed by atoms with van der Waals surface area (Å²) in [4.78, 5) is 10.6. The third-order valence-corrected chi connectivity index (χ3v) is 2.68. The maximum absolute atomic E-state index is 10.6. The second kappa shape index (κ2) is 5.65. The SMILES string of the molecule is CCCC(CC(=O)O)Nc1nnc(C)s1. The molecule has 0 fully saturated rings. The molecule has 1 unspecified atom stereocenters. The van der Waals surface area contributed by atoms with Gasteiger partial charge in [0.1, 0.15) is 5.01 Å². The predicted octanol–water partition coefficient (Wildman–Crippen LogP) is 1.90. The number of hydrogen-bond acceptors (Lipinski definition) is 5. The van der Waals surface area contributed by atoms with Gasteiger partial charge in [-0.05, 0) is 13.3 Å². The smallest absolute Gasteiger partial charge is 0.305 e. The summed E-state index contributed by atoms with van der Waals surface area (Å²) in [6.45, 7) is 3.90. The van der Waals surface area contributed by atoms with Crippen molar-refractivity contribution in [3.05, 3.63) is 5.01 Å². The maximum atomic E-state index is 10.6. The monoisotopic (exact) mass is 229 g/mol. The van der Waals surface area contributed by atoms with Gasteiger partial charge in [-0.25, -0.2) is 0 Å². The summed E-state index contributed by atoms with van der Waals surface area (Å²) in [5.74, 6) is -0.790. The van der Waals surface area contributed by atoms with Crippen molar-refractivity contribution in [1.29, 1.82) is 0 Å². The number of anilines is 1. The number of hydrogen-bond donors (Lipinski definition) is 2. The molecule has 0 spiro atoms. The maximum Gasteiger partial charge on any atom is 0.305 e. The lowest BCUT2D eigenvalue weighted by molar-refractivity contribution is -0.137. The average molecular weight is 229 g/mol. The fourth-order valence-electron chi connectivity index (χ4n) is 1.31. The van der Waals surface area contributed by atoms with Crippen LogP contribution >= 0.6 is 11.3 Å². The van der Waals surface area contributed by atoms with E-state index in [1.165, 1.54) is 11.3 Å². The lowest BCUT2D eigenvalue weighted by Crippen LogP contribution is -2.22. The van der Waals surface area contributed by atoms with Crippen LogP contribution in [0.15, 0.2) is 0 Å². The molecule has 1 atom stereocenters. The highest BCUT2D eigenvalue weighted by molar-refractivity contribution is 7.15. The number of aromatic nitrogens is 2. The van der Waals surface area contributed by atoms with Crippen molar-refractivity contribution in [3.8, 4) is 0 Å². The van der Waals surface area contributed by atoms with E-state index in [1.807, 2.05) is 13.8 Å². The Morgan fingerprint density at radius 3 is 2.80 bits per heavy atom. The fraction of sp³-hybridized carbons (Fsp3) is 0.667. The molecule has 84 valence electrons. The van der Waals surface area contributed by atoms with Gasteiger partial charge in [0.2, 0.25) is 5.13 Å². The summed E-state index contributed by atoms with van der Waals surface area (Å²) < 4.78 is 0. The molecule has 0 aliphatic carbocycles. The summed E-state index contributed by atoms with van der Waals surface area (Å²) in [5.41, 5.74) is 0. The summed E-state index contributed by atoms with van der Waals surface area (Å²) in [7, 11) is 0. The zero-order valence-corrected chi connectivity index (χ0v) is 9.67. The second-order valence-electron chi connectivity index (χ2n) is 3.35. The van der Waals surface area contributed by atoms with E-state index < -0.39 is 5.97 Å². The predicted molar refractivity (Wildman–Crippen MR) is 59.2 cm³/mol. The van der Waals surface area contributed by atoms with Crippen LogP contribution < -0.4 is 5.32 Å². The van der Waals surface area contributed by atoms with Crippen molar-refractivity contribution in [2.45, 2.75) is 39.2 Å². The first-order valence-electron chi connectivity index (χ1n) is 4.90. The van der Waals surface area contributed by atoms with Crippen molar-refractivity contribution in [2.75, 3.05) is 5.32 Å². The van der Waals surface area contributed by atoms with Crippen molar-refractivity contribution in [2.24, 2.45) is 0 Å². The van der Waals surface area contributed by atoms with E-state index in [-0.39, 0.29) is 12.5 Å². The largest absolute Gasteiger partial charge is 0.481 e. The highest BCUT2D eigenvalue weighted by atomic mass is 32.1. The number of aryl methyl sites for hydroxylation is 1. The molecule has 2 N–H and O–H groups in total. The topological polar surface area (TPSA) is 75.1 Å². The van der Waals surface area contributed by atoms with Crippen LogP contribution in [0.1, 0.15) is 31.2 Å². The van der Waals surface area contributed by atoms with Crippen LogP contribution in [-0.4, -0.2) is 27.3 Å². The minimum Gasteiger partial charge on any atom is -0.481 e. The Morgan fingerprint density at radius 2 is 2.33 bits per heavy atom. The zero-order valence-electron chi connectivity index (χ0n) is 8.86. The zero-order chi connectivity index (χ0) is 11.3. The molecule has 0 aliphatic heterocycles. The van der Waals surface area contributed by atoms with Crippen LogP contribution in [0.4, 0.5) is 5.13 Å². The molecule has 5 nitrogen and oxygen atoms in total. The summed E-state index contributed by atoms with van der Waals surface area (Å²) in [6.07, 6.45) is 1.89. The highest BCUT2D eigenvalue weighted by Gasteiger charge is 2.13. The van der Waals surface area contributed by atoms with Gasteiger partial charge in [0.15, 0.2) is 0 Å². The van der Waals surface area contributed by atoms with Gasteiger partial charge in [-0.1, -0.05) is 24.7 Å². The first-order valence-corrected chi connectivity index (χ1v) is 5.72. The van der Waals surface area contributed by atoms with Crippen LogP contribution in [0.5, 0.6) is 0 Å².